The van der Waals surface area contributed by atoms with E-state index in [1.54, 1.807) is 0 Å². The molecule has 2 aromatic rings. The second-order valence-electron chi connectivity index (χ2n) is 5.46. The van der Waals surface area contributed by atoms with Crippen LogP contribution in [0, 0.1) is 0 Å². The molecule has 3 rings (SSSR count). The van der Waals surface area contributed by atoms with Gasteiger partial charge < -0.3 is 9.72 Å². The van der Waals surface area contributed by atoms with Gasteiger partial charge in [0.05, 0.1) is 11.6 Å². The largest absolute Gasteiger partial charge is 0.464 e. The zero-order valence-corrected chi connectivity index (χ0v) is 13.6. The molecule has 1 aromatic carbocycles. The molecule has 0 saturated heterocycles. The van der Waals surface area contributed by atoms with Gasteiger partial charge in [0, 0.05) is 5.69 Å². The van der Waals surface area contributed by atoms with Crippen LogP contribution in [0.2, 0.25) is 0 Å². The Bertz CT molecular complexity index is 648. The van der Waals surface area contributed by atoms with Crippen LogP contribution in [-0.4, -0.2) is 18.1 Å². The van der Waals surface area contributed by atoms with Crippen molar-refractivity contribution in [2.75, 3.05) is 7.11 Å². The number of fused-ring (bicyclic) bond motifs is 1. The number of nitrogens with one attached hydrogen (secondary N) is 1. The van der Waals surface area contributed by atoms with Gasteiger partial charge in [0.25, 0.3) is 0 Å². The standard InChI is InChI=1S/C17H18BrNO2/c1-21-17(20)16-15(18)14-12(9-10-13(14)19-16)8-7-11-5-3-2-4-6-11/h2-6,12,19H,7-10H2,1H3. The number of esters is 1. The molecule has 0 radical (unpaired) electrons. The second-order valence-corrected chi connectivity index (χ2v) is 6.25. The van der Waals surface area contributed by atoms with Crippen molar-refractivity contribution in [2.24, 2.45) is 0 Å². The van der Waals surface area contributed by atoms with E-state index in [0.717, 1.165) is 30.2 Å². The lowest BCUT2D eigenvalue weighted by molar-refractivity contribution is 0.0593. The number of H-pyrrole nitrogens is 1. The van der Waals surface area contributed by atoms with Gasteiger partial charge in [-0.05, 0) is 58.7 Å². The molecule has 4 heteroatoms. The van der Waals surface area contributed by atoms with E-state index in [1.807, 2.05) is 6.07 Å². The summed E-state index contributed by atoms with van der Waals surface area (Å²) in [5.41, 5.74) is 4.37. The number of rotatable bonds is 4. The molecule has 0 spiro atoms. The summed E-state index contributed by atoms with van der Waals surface area (Å²) in [6, 6.07) is 10.5. The number of aromatic amines is 1. The van der Waals surface area contributed by atoms with Gasteiger partial charge in [-0.25, -0.2) is 4.79 Å². The zero-order valence-electron chi connectivity index (χ0n) is 12.0. The van der Waals surface area contributed by atoms with Crippen LogP contribution in [-0.2, 0) is 17.6 Å². The van der Waals surface area contributed by atoms with Crippen molar-refractivity contribution >= 4 is 21.9 Å². The lowest BCUT2D eigenvalue weighted by Gasteiger charge is -2.11. The number of hydrogen-bond acceptors (Lipinski definition) is 2. The average molecular weight is 348 g/mol. The number of aromatic nitrogens is 1. The molecule has 3 nitrogen and oxygen atoms in total. The van der Waals surface area contributed by atoms with Crippen LogP contribution in [0.3, 0.4) is 0 Å². The first-order valence-electron chi connectivity index (χ1n) is 7.23. The Labute approximate surface area is 132 Å². The SMILES string of the molecule is COC(=O)c1[nH]c2c(c1Br)C(CCc1ccccc1)CC2. The summed E-state index contributed by atoms with van der Waals surface area (Å²) in [6.45, 7) is 0. The van der Waals surface area contributed by atoms with Crippen molar-refractivity contribution in [3.05, 3.63) is 57.3 Å². The highest BCUT2D eigenvalue weighted by molar-refractivity contribution is 9.10. The van der Waals surface area contributed by atoms with Gasteiger partial charge in [-0.2, -0.15) is 0 Å². The Hall–Kier alpha value is -1.55. The highest BCUT2D eigenvalue weighted by Crippen LogP contribution is 2.42. The molecule has 1 unspecified atom stereocenters. The Kier molecular flexibility index (Phi) is 4.15. The first-order chi connectivity index (χ1) is 10.2. The topological polar surface area (TPSA) is 42.1 Å². The summed E-state index contributed by atoms with van der Waals surface area (Å²) in [5.74, 6) is 0.197. The smallest absolute Gasteiger partial charge is 0.355 e. The number of benzene rings is 1. The first kappa shape index (κ1) is 14.4. The van der Waals surface area contributed by atoms with Gasteiger partial charge in [0.15, 0.2) is 0 Å². The number of methoxy groups -OCH3 is 1. The Morgan fingerprint density at radius 1 is 1.38 bits per heavy atom. The molecule has 21 heavy (non-hydrogen) atoms. The molecule has 0 saturated carbocycles. The summed E-state index contributed by atoms with van der Waals surface area (Å²) >= 11 is 3.58. The van der Waals surface area contributed by atoms with Crippen LogP contribution in [0.15, 0.2) is 34.8 Å². The minimum Gasteiger partial charge on any atom is -0.464 e. The summed E-state index contributed by atoms with van der Waals surface area (Å²) in [4.78, 5) is 15.0. The summed E-state index contributed by atoms with van der Waals surface area (Å²) in [7, 11) is 1.41. The predicted octanol–water partition coefficient (Wildman–Crippen LogP) is 4.23. The molecule has 0 aliphatic heterocycles. The van der Waals surface area contributed by atoms with Crippen molar-refractivity contribution < 1.29 is 9.53 Å². The molecule has 1 aliphatic rings. The van der Waals surface area contributed by atoms with E-state index in [-0.39, 0.29) is 5.97 Å². The van der Waals surface area contributed by atoms with Crippen LogP contribution < -0.4 is 0 Å². The summed E-state index contributed by atoms with van der Waals surface area (Å²) in [6.07, 6.45) is 4.32. The third-order valence-electron chi connectivity index (χ3n) is 4.22. The number of carbonyl (C=O) groups is 1. The molecule has 0 bridgehead atoms. The zero-order chi connectivity index (χ0) is 14.8. The van der Waals surface area contributed by atoms with Crippen molar-refractivity contribution in [1.82, 2.24) is 4.98 Å². The predicted molar refractivity (Wildman–Crippen MR) is 85.7 cm³/mol. The van der Waals surface area contributed by atoms with Gasteiger partial charge in [-0.1, -0.05) is 30.3 Å². The van der Waals surface area contributed by atoms with Crippen LogP contribution >= 0.6 is 15.9 Å². The Morgan fingerprint density at radius 2 is 2.14 bits per heavy atom. The maximum absolute atomic E-state index is 11.7. The van der Waals surface area contributed by atoms with E-state index in [4.69, 9.17) is 4.74 Å². The molecular formula is C17H18BrNO2. The van der Waals surface area contributed by atoms with E-state index in [2.05, 4.69) is 45.2 Å². The van der Waals surface area contributed by atoms with Crippen molar-refractivity contribution in [2.45, 2.75) is 31.6 Å². The van der Waals surface area contributed by atoms with Gasteiger partial charge in [0.1, 0.15) is 5.69 Å². The molecule has 1 heterocycles. The second kappa shape index (κ2) is 6.06. The van der Waals surface area contributed by atoms with E-state index < -0.39 is 0 Å². The maximum Gasteiger partial charge on any atom is 0.355 e. The number of hydrogen-bond donors (Lipinski definition) is 1. The quantitative estimate of drug-likeness (QED) is 0.841. The molecule has 0 amide bonds. The average Bonchev–Trinajstić information content (AvgIpc) is 3.06. The lowest BCUT2D eigenvalue weighted by atomic mass is 9.95. The van der Waals surface area contributed by atoms with Crippen LogP contribution in [0.5, 0.6) is 0 Å². The Morgan fingerprint density at radius 3 is 2.86 bits per heavy atom. The molecule has 110 valence electrons. The number of carbonyl (C=O) groups excluding carboxylic acids is 1. The Balaban J connectivity index is 1.77. The third-order valence-corrected chi connectivity index (χ3v) is 5.05. The molecule has 1 aromatic heterocycles. The molecule has 1 N–H and O–H groups in total. The van der Waals surface area contributed by atoms with E-state index in [9.17, 15) is 4.79 Å². The minimum atomic E-state index is -0.307. The van der Waals surface area contributed by atoms with Gasteiger partial charge in [-0.3, -0.25) is 0 Å². The first-order valence-corrected chi connectivity index (χ1v) is 8.02. The fraction of sp³-hybridized carbons (Fsp3) is 0.353. The van der Waals surface area contributed by atoms with Crippen LogP contribution in [0.25, 0.3) is 0 Å². The van der Waals surface area contributed by atoms with E-state index >= 15 is 0 Å². The molecule has 1 atom stereocenters. The monoisotopic (exact) mass is 347 g/mol. The number of aryl methyl sites for hydroxylation is 2. The van der Waals surface area contributed by atoms with Crippen LogP contribution in [0.4, 0.5) is 0 Å². The number of ether oxygens (including phenoxy) is 1. The lowest BCUT2D eigenvalue weighted by Crippen LogP contribution is -2.04. The fourth-order valence-electron chi connectivity index (χ4n) is 3.14. The maximum atomic E-state index is 11.7. The number of halogens is 1. The fourth-order valence-corrected chi connectivity index (χ4v) is 3.97. The van der Waals surface area contributed by atoms with Crippen molar-refractivity contribution in [3.8, 4) is 0 Å². The summed E-state index contributed by atoms with van der Waals surface area (Å²) in [5, 5.41) is 0. The van der Waals surface area contributed by atoms with E-state index in [0.29, 0.717) is 11.6 Å². The normalized spacial score (nSPS) is 16.8. The van der Waals surface area contributed by atoms with Gasteiger partial charge >= 0.3 is 5.97 Å². The van der Waals surface area contributed by atoms with Crippen molar-refractivity contribution in [1.29, 1.82) is 0 Å². The summed E-state index contributed by atoms with van der Waals surface area (Å²) < 4.78 is 5.71. The highest BCUT2D eigenvalue weighted by atomic mass is 79.9. The van der Waals surface area contributed by atoms with Gasteiger partial charge in [0.2, 0.25) is 0 Å². The third kappa shape index (κ3) is 2.77. The van der Waals surface area contributed by atoms with Gasteiger partial charge in [-0.15, -0.1) is 0 Å². The van der Waals surface area contributed by atoms with Crippen LogP contribution in [0.1, 0.15) is 46.1 Å². The molecular weight excluding hydrogens is 330 g/mol. The molecule has 1 aliphatic carbocycles. The highest BCUT2D eigenvalue weighted by Gasteiger charge is 2.30. The van der Waals surface area contributed by atoms with Crippen molar-refractivity contribution in [3.63, 3.8) is 0 Å². The minimum absolute atomic E-state index is 0.307. The van der Waals surface area contributed by atoms with E-state index in [1.165, 1.54) is 23.9 Å². The molecule has 0 fully saturated rings.